The fraction of sp³-hybridized carbons (Fsp3) is 0.0476. The van der Waals surface area contributed by atoms with Crippen LogP contribution in [0.15, 0.2) is 93.3 Å². The van der Waals surface area contributed by atoms with Gasteiger partial charge < -0.3 is 0 Å². The van der Waals surface area contributed by atoms with Gasteiger partial charge >= 0.3 is 0 Å². The molecule has 164 valence electrons. The summed E-state index contributed by atoms with van der Waals surface area (Å²) in [5, 5.41) is 14.5. The molecule has 0 radical (unpaired) electrons. The number of nitro groups is 1. The van der Waals surface area contributed by atoms with Crippen LogP contribution in [0.5, 0.6) is 0 Å². The smallest absolute Gasteiger partial charge is 0.269 e. The van der Waals surface area contributed by atoms with Crippen LogP contribution in [-0.4, -0.2) is 32.0 Å². The van der Waals surface area contributed by atoms with E-state index in [0.29, 0.717) is 11.3 Å². The van der Waals surface area contributed by atoms with Gasteiger partial charge in [0, 0.05) is 16.6 Å². The molecule has 3 rings (SSSR count). The summed E-state index contributed by atoms with van der Waals surface area (Å²) in [6.07, 6.45) is 1.30. The molecule has 1 N–H and O–H groups in total. The van der Waals surface area contributed by atoms with Gasteiger partial charge in [-0.1, -0.05) is 34.1 Å². The second kappa shape index (κ2) is 10.2. The lowest BCUT2D eigenvalue weighted by Crippen LogP contribution is -2.39. The number of hydrogen-bond donors (Lipinski definition) is 1. The number of rotatable bonds is 8. The number of carbonyl (C=O) groups excluding carboxylic acids is 1. The number of nitrogens with one attached hydrogen (secondary N) is 1. The molecule has 0 saturated carbocycles. The zero-order chi connectivity index (χ0) is 23.1. The maximum absolute atomic E-state index is 13.2. The van der Waals surface area contributed by atoms with E-state index in [1.807, 2.05) is 0 Å². The van der Waals surface area contributed by atoms with Crippen LogP contribution >= 0.6 is 15.9 Å². The van der Waals surface area contributed by atoms with Crippen molar-refractivity contribution in [3.8, 4) is 0 Å². The van der Waals surface area contributed by atoms with E-state index in [2.05, 4.69) is 26.5 Å². The predicted molar refractivity (Wildman–Crippen MR) is 124 cm³/mol. The summed E-state index contributed by atoms with van der Waals surface area (Å²) in [6, 6.07) is 19.9. The van der Waals surface area contributed by atoms with E-state index >= 15 is 0 Å². The van der Waals surface area contributed by atoms with E-state index in [4.69, 9.17) is 0 Å². The van der Waals surface area contributed by atoms with E-state index in [1.165, 1.54) is 42.6 Å². The number of anilines is 1. The number of nitrogens with zero attached hydrogens (tertiary/aromatic N) is 3. The van der Waals surface area contributed by atoms with E-state index in [0.717, 1.165) is 8.78 Å². The molecule has 0 unspecified atom stereocenters. The fourth-order valence-corrected chi connectivity index (χ4v) is 4.38. The molecule has 0 aliphatic carbocycles. The average molecular weight is 517 g/mol. The average Bonchev–Trinajstić information content (AvgIpc) is 2.79. The molecule has 1 amide bonds. The molecule has 0 heterocycles. The van der Waals surface area contributed by atoms with Crippen molar-refractivity contribution in [2.45, 2.75) is 4.90 Å². The third-order valence-corrected chi connectivity index (χ3v) is 6.56. The van der Waals surface area contributed by atoms with Gasteiger partial charge in [-0.25, -0.2) is 13.8 Å². The molecular weight excluding hydrogens is 500 g/mol. The van der Waals surface area contributed by atoms with Gasteiger partial charge in [-0.15, -0.1) is 0 Å². The number of sulfonamides is 1. The van der Waals surface area contributed by atoms with E-state index in [9.17, 15) is 23.3 Å². The number of non-ortho nitro benzene ring substituents is 1. The second-order valence-electron chi connectivity index (χ2n) is 6.44. The lowest BCUT2D eigenvalue weighted by atomic mass is 10.2. The minimum absolute atomic E-state index is 0.0464. The summed E-state index contributed by atoms with van der Waals surface area (Å²) < 4.78 is 28.1. The molecule has 0 aliphatic heterocycles. The van der Waals surface area contributed by atoms with E-state index in [1.54, 1.807) is 42.5 Å². The van der Waals surface area contributed by atoms with Crippen molar-refractivity contribution in [3.63, 3.8) is 0 Å². The maximum Gasteiger partial charge on any atom is 0.269 e. The minimum atomic E-state index is -4.01. The normalized spacial score (nSPS) is 11.3. The number of amides is 1. The van der Waals surface area contributed by atoms with Crippen molar-refractivity contribution in [2.75, 3.05) is 10.8 Å². The fourth-order valence-electron chi connectivity index (χ4n) is 2.67. The molecule has 0 fully saturated rings. The highest BCUT2D eigenvalue weighted by Crippen LogP contribution is 2.25. The van der Waals surface area contributed by atoms with Crippen molar-refractivity contribution in [1.29, 1.82) is 0 Å². The van der Waals surface area contributed by atoms with Crippen LogP contribution in [0.2, 0.25) is 0 Å². The highest BCUT2D eigenvalue weighted by atomic mass is 79.9. The van der Waals surface area contributed by atoms with Crippen LogP contribution in [0.4, 0.5) is 11.4 Å². The summed E-state index contributed by atoms with van der Waals surface area (Å²) in [5.74, 6) is -0.661. The molecule has 32 heavy (non-hydrogen) atoms. The molecule has 11 heteroatoms. The Labute approximate surface area is 192 Å². The first-order valence-electron chi connectivity index (χ1n) is 9.17. The van der Waals surface area contributed by atoms with Gasteiger partial charge in [-0.2, -0.15) is 5.10 Å². The molecule has 0 aromatic heterocycles. The molecule has 0 atom stereocenters. The molecule has 0 aliphatic rings. The van der Waals surface area contributed by atoms with Gasteiger partial charge in [0.15, 0.2) is 0 Å². The first-order valence-corrected chi connectivity index (χ1v) is 11.4. The molecule has 0 bridgehead atoms. The Hall–Kier alpha value is -3.57. The standard InChI is InChI=1S/C21H17BrN4O5S/c22-17-8-12-18(13-9-17)25(32(30,31)20-4-2-1-3-5-20)15-21(27)24-23-14-16-6-10-19(11-7-16)26(28)29/h1-14H,15H2,(H,24,27)/b23-14-. The molecular formula is C21H17BrN4O5S. The van der Waals surface area contributed by atoms with Crippen molar-refractivity contribution < 1.29 is 18.1 Å². The Morgan fingerprint density at radius 3 is 2.25 bits per heavy atom. The Bertz CT molecular complexity index is 1230. The van der Waals surface area contributed by atoms with E-state index < -0.39 is 27.4 Å². The largest absolute Gasteiger partial charge is 0.271 e. The third kappa shape index (κ3) is 5.77. The summed E-state index contributed by atoms with van der Waals surface area (Å²) in [6.45, 7) is -0.504. The van der Waals surface area contributed by atoms with E-state index in [-0.39, 0.29) is 10.6 Å². The zero-order valence-electron chi connectivity index (χ0n) is 16.5. The van der Waals surface area contributed by atoms with Gasteiger partial charge in [0.1, 0.15) is 6.54 Å². The van der Waals surface area contributed by atoms with Crippen molar-refractivity contribution in [1.82, 2.24) is 5.43 Å². The van der Waals surface area contributed by atoms with Crippen LogP contribution < -0.4 is 9.73 Å². The molecule has 0 saturated heterocycles. The number of hydrazone groups is 1. The van der Waals surface area contributed by atoms with Gasteiger partial charge in [-0.3, -0.25) is 19.2 Å². The Morgan fingerprint density at radius 2 is 1.66 bits per heavy atom. The first-order chi connectivity index (χ1) is 15.3. The first kappa shape index (κ1) is 23.1. The van der Waals surface area contributed by atoms with Gasteiger partial charge in [0.2, 0.25) is 0 Å². The van der Waals surface area contributed by atoms with Crippen LogP contribution in [0.1, 0.15) is 5.56 Å². The summed E-state index contributed by atoms with van der Waals surface area (Å²) >= 11 is 3.31. The summed E-state index contributed by atoms with van der Waals surface area (Å²) in [7, 11) is -4.01. The Balaban J connectivity index is 1.78. The second-order valence-corrected chi connectivity index (χ2v) is 9.22. The highest BCUT2D eigenvalue weighted by molar-refractivity contribution is 9.10. The number of halogens is 1. The number of carbonyl (C=O) groups is 1. The van der Waals surface area contributed by atoms with Crippen LogP contribution in [0, 0.1) is 10.1 Å². The number of benzene rings is 3. The monoisotopic (exact) mass is 516 g/mol. The third-order valence-electron chi connectivity index (χ3n) is 4.24. The van der Waals surface area contributed by atoms with Crippen molar-refractivity contribution in [3.05, 3.63) is 99.0 Å². The number of hydrogen-bond acceptors (Lipinski definition) is 6. The molecule has 3 aromatic carbocycles. The topological polar surface area (TPSA) is 122 Å². The van der Waals surface area contributed by atoms with Crippen molar-refractivity contribution >= 4 is 49.4 Å². The minimum Gasteiger partial charge on any atom is -0.271 e. The SMILES string of the molecule is O=C(CN(c1ccc(Br)cc1)S(=O)(=O)c1ccccc1)N/N=C\c1ccc([N+](=O)[O-])cc1. The van der Waals surface area contributed by atoms with Crippen LogP contribution in [-0.2, 0) is 14.8 Å². The molecule has 9 nitrogen and oxygen atoms in total. The zero-order valence-corrected chi connectivity index (χ0v) is 18.9. The van der Waals surface area contributed by atoms with Gasteiger partial charge in [-0.05, 0) is 54.1 Å². The van der Waals surface area contributed by atoms with Crippen LogP contribution in [0.3, 0.4) is 0 Å². The highest BCUT2D eigenvalue weighted by Gasteiger charge is 2.27. The summed E-state index contributed by atoms with van der Waals surface area (Å²) in [4.78, 5) is 22.7. The quantitative estimate of drug-likeness (QED) is 0.277. The molecule has 3 aromatic rings. The molecule has 0 spiro atoms. The Morgan fingerprint density at radius 1 is 1.03 bits per heavy atom. The summed E-state index contributed by atoms with van der Waals surface area (Å²) in [5.41, 5.74) is 3.05. The predicted octanol–water partition coefficient (Wildman–Crippen LogP) is 3.70. The maximum atomic E-state index is 13.2. The van der Waals surface area contributed by atoms with Crippen molar-refractivity contribution in [2.24, 2.45) is 5.10 Å². The lowest BCUT2D eigenvalue weighted by Gasteiger charge is -2.23. The lowest BCUT2D eigenvalue weighted by molar-refractivity contribution is -0.384. The number of nitro benzene ring substituents is 1. The van der Waals surface area contributed by atoms with Crippen LogP contribution in [0.25, 0.3) is 0 Å². The Kier molecular flexibility index (Phi) is 7.33. The van der Waals surface area contributed by atoms with Gasteiger partial charge in [0.25, 0.3) is 21.6 Å². The van der Waals surface area contributed by atoms with Gasteiger partial charge in [0.05, 0.1) is 21.7 Å².